The molecule has 0 aromatic heterocycles. The predicted molar refractivity (Wildman–Crippen MR) is 96.3 cm³/mol. The van der Waals surface area contributed by atoms with Crippen LogP contribution in [0.5, 0.6) is 23.0 Å². The van der Waals surface area contributed by atoms with E-state index in [9.17, 15) is 4.79 Å². The van der Waals surface area contributed by atoms with E-state index in [2.05, 4.69) is 5.32 Å². The fourth-order valence-corrected chi connectivity index (χ4v) is 2.33. The summed E-state index contributed by atoms with van der Waals surface area (Å²) in [5, 5.41) is 2.86. The summed E-state index contributed by atoms with van der Waals surface area (Å²) in [4.78, 5) is 12.7. The molecule has 2 aromatic carbocycles. The molecule has 2 rings (SSSR count). The molecule has 0 fully saturated rings. The highest BCUT2D eigenvalue weighted by molar-refractivity contribution is 6.07. The van der Waals surface area contributed by atoms with Crippen molar-refractivity contribution in [3.8, 4) is 23.0 Å². The Morgan fingerprint density at radius 2 is 1.56 bits per heavy atom. The Bertz CT molecular complexity index is 730. The summed E-state index contributed by atoms with van der Waals surface area (Å²) in [6.07, 6.45) is 0. The Hall–Kier alpha value is -2.89. The van der Waals surface area contributed by atoms with Crippen molar-refractivity contribution in [2.24, 2.45) is 0 Å². The molecule has 0 aliphatic rings. The minimum Gasteiger partial charge on any atom is -0.497 e. The number of benzene rings is 2. The van der Waals surface area contributed by atoms with Gasteiger partial charge in [0, 0.05) is 6.07 Å². The van der Waals surface area contributed by atoms with Crippen molar-refractivity contribution in [2.75, 3.05) is 32.8 Å². The molecule has 2 aromatic rings. The molecule has 6 heteroatoms. The average Bonchev–Trinajstić information content (AvgIpc) is 2.63. The molecule has 0 aliphatic heterocycles. The number of hydrogen-bond donors (Lipinski definition) is 1. The van der Waals surface area contributed by atoms with Crippen LogP contribution in [0.15, 0.2) is 36.4 Å². The maximum atomic E-state index is 12.7. The monoisotopic (exact) mass is 345 g/mol. The standard InChI is InChI=1S/C19H23NO5/c1-5-24-14-8-10-18(25-6-2)16(12-14)20-19(21)15-11-13(22-3)7-9-17(15)23-4/h7-12H,5-6H2,1-4H3,(H,20,21). The normalized spacial score (nSPS) is 10.1. The van der Waals surface area contributed by atoms with Crippen LogP contribution in [0.2, 0.25) is 0 Å². The summed E-state index contributed by atoms with van der Waals surface area (Å²) in [5.74, 6) is 1.92. The molecule has 134 valence electrons. The van der Waals surface area contributed by atoms with E-state index in [0.29, 0.717) is 47.5 Å². The maximum Gasteiger partial charge on any atom is 0.259 e. The van der Waals surface area contributed by atoms with E-state index >= 15 is 0 Å². The largest absolute Gasteiger partial charge is 0.497 e. The second-order valence-electron chi connectivity index (χ2n) is 5.04. The van der Waals surface area contributed by atoms with E-state index in [1.807, 2.05) is 13.8 Å². The molecular weight excluding hydrogens is 322 g/mol. The van der Waals surface area contributed by atoms with E-state index in [1.54, 1.807) is 43.5 Å². The molecule has 0 unspecified atom stereocenters. The van der Waals surface area contributed by atoms with Crippen LogP contribution in [0.4, 0.5) is 5.69 Å². The zero-order valence-electron chi connectivity index (χ0n) is 14.9. The van der Waals surface area contributed by atoms with Gasteiger partial charge in [-0.15, -0.1) is 0 Å². The third kappa shape index (κ3) is 4.56. The van der Waals surface area contributed by atoms with Gasteiger partial charge in [-0.3, -0.25) is 4.79 Å². The molecule has 0 atom stereocenters. The first-order valence-corrected chi connectivity index (χ1v) is 8.05. The second kappa shape index (κ2) is 8.82. The first-order chi connectivity index (χ1) is 12.1. The van der Waals surface area contributed by atoms with Crippen LogP contribution in [-0.2, 0) is 0 Å². The van der Waals surface area contributed by atoms with Gasteiger partial charge in [0.05, 0.1) is 38.7 Å². The molecule has 6 nitrogen and oxygen atoms in total. The highest BCUT2D eigenvalue weighted by atomic mass is 16.5. The Morgan fingerprint density at radius 3 is 2.20 bits per heavy atom. The van der Waals surface area contributed by atoms with E-state index in [4.69, 9.17) is 18.9 Å². The second-order valence-corrected chi connectivity index (χ2v) is 5.04. The zero-order valence-corrected chi connectivity index (χ0v) is 14.9. The fourth-order valence-electron chi connectivity index (χ4n) is 2.33. The van der Waals surface area contributed by atoms with E-state index in [-0.39, 0.29) is 5.91 Å². The first-order valence-electron chi connectivity index (χ1n) is 8.05. The van der Waals surface area contributed by atoms with Crippen LogP contribution in [0.3, 0.4) is 0 Å². The number of nitrogens with one attached hydrogen (secondary N) is 1. The summed E-state index contributed by atoms with van der Waals surface area (Å²) in [5.41, 5.74) is 0.897. The van der Waals surface area contributed by atoms with Crippen LogP contribution < -0.4 is 24.3 Å². The summed E-state index contributed by atoms with van der Waals surface area (Å²) >= 11 is 0. The van der Waals surface area contributed by atoms with Crippen molar-refractivity contribution < 1.29 is 23.7 Å². The molecule has 0 radical (unpaired) electrons. The Kier molecular flexibility index (Phi) is 6.51. The molecule has 1 amide bonds. The quantitative estimate of drug-likeness (QED) is 0.789. The smallest absolute Gasteiger partial charge is 0.259 e. The third-order valence-electron chi connectivity index (χ3n) is 3.46. The van der Waals surface area contributed by atoms with Gasteiger partial charge in [-0.25, -0.2) is 0 Å². The molecule has 0 heterocycles. The molecule has 0 saturated heterocycles. The lowest BCUT2D eigenvalue weighted by Gasteiger charge is -2.15. The van der Waals surface area contributed by atoms with Crippen molar-refractivity contribution in [3.05, 3.63) is 42.0 Å². The van der Waals surface area contributed by atoms with Gasteiger partial charge in [-0.1, -0.05) is 0 Å². The highest BCUT2D eigenvalue weighted by Crippen LogP contribution is 2.31. The molecule has 0 spiro atoms. The maximum absolute atomic E-state index is 12.7. The van der Waals surface area contributed by atoms with Gasteiger partial charge < -0.3 is 24.3 Å². The van der Waals surface area contributed by atoms with Crippen molar-refractivity contribution in [1.29, 1.82) is 0 Å². The first kappa shape index (κ1) is 18.4. The minimum atomic E-state index is -0.328. The van der Waals surface area contributed by atoms with Gasteiger partial charge in [0.2, 0.25) is 0 Å². The molecule has 0 bridgehead atoms. The van der Waals surface area contributed by atoms with E-state index in [1.165, 1.54) is 7.11 Å². The molecule has 0 saturated carbocycles. The number of amides is 1. The Labute approximate surface area is 147 Å². The van der Waals surface area contributed by atoms with Crippen molar-refractivity contribution in [1.82, 2.24) is 0 Å². The zero-order chi connectivity index (χ0) is 18.2. The van der Waals surface area contributed by atoms with Gasteiger partial charge >= 0.3 is 0 Å². The molecule has 25 heavy (non-hydrogen) atoms. The van der Waals surface area contributed by atoms with Gasteiger partial charge in [0.1, 0.15) is 23.0 Å². The number of carbonyl (C=O) groups excluding carboxylic acids is 1. The fraction of sp³-hybridized carbons (Fsp3) is 0.316. The lowest BCUT2D eigenvalue weighted by Crippen LogP contribution is -2.14. The summed E-state index contributed by atoms with van der Waals surface area (Å²) in [6, 6.07) is 10.4. The lowest BCUT2D eigenvalue weighted by molar-refractivity contribution is 0.102. The lowest BCUT2D eigenvalue weighted by atomic mass is 10.1. The summed E-state index contributed by atoms with van der Waals surface area (Å²) < 4.78 is 21.5. The van der Waals surface area contributed by atoms with Crippen LogP contribution in [-0.4, -0.2) is 33.3 Å². The van der Waals surface area contributed by atoms with Crippen molar-refractivity contribution >= 4 is 11.6 Å². The minimum absolute atomic E-state index is 0.328. The Balaban J connectivity index is 2.34. The van der Waals surface area contributed by atoms with Gasteiger partial charge in [-0.05, 0) is 44.2 Å². The third-order valence-corrected chi connectivity index (χ3v) is 3.46. The molecular formula is C19H23NO5. The topological polar surface area (TPSA) is 66.0 Å². The molecule has 0 aliphatic carbocycles. The van der Waals surface area contributed by atoms with E-state index in [0.717, 1.165) is 0 Å². The average molecular weight is 345 g/mol. The SMILES string of the molecule is CCOc1ccc(OCC)c(NC(=O)c2cc(OC)ccc2OC)c1. The van der Waals surface area contributed by atoms with Crippen LogP contribution >= 0.6 is 0 Å². The summed E-state index contributed by atoms with van der Waals surface area (Å²) in [6.45, 7) is 4.80. The van der Waals surface area contributed by atoms with Crippen LogP contribution in [0.1, 0.15) is 24.2 Å². The number of methoxy groups -OCH3 is 2. The number of carbonyl (C=O) groups is 1. The number of ether oxygens (including phenoxy) is 4. The van der Waals surface area contributed by atoms with Crippen LogP contribution in [0.25, 0.3) is 0 Å². The van der Waals surface area contributed by atoms with Gasteiger partial charge in [0.25, 0.3) is 5.91 Å². The number of hydrogen-bond acceptors (Lipinski definition) is 5. The number of anilines is 1. The predicted octanol–water partition coefficient (Wildman–Crippen LogP) is 3.75. The van der Waals surface area contributed by atoms with Gasteiger partial charge in [0.15, 0.2) is 0 Å². The highest BCUT2D eigenvalue weighted by Gasteiger charge is 2.16. The van der Waals surface area contributed by atoms with Crippen LogP contribution in [0, 0.1) is 0 Å². The van der Waals surface area contributed by atoms with Crippen molar-refractivity contribution in [2.45, 2.75) is 13.8 Å². The van der Waals surface area contributed by atoms with Gasteiger partial charge in [-0.2, -0.15) is 0 Å². The summed E-state index contributed by atoms with van der Waals surface area (Å²) in [7, 11) is 3.06. The van der Waals surface area contributed by atoms with E-state index < -0.39 is 0 Å². The number of rotatable bonds is 8. The van der Waals surface area contributed by atoms with Crippen molar-refractivity contribution in [3.63, 3.8) is 0 Å². The Morgan fingerprint density at radius 1 is 0.880 bits per heavy atom. The molecule has 1 N–H and O–H groups in total.